The molecule has 0 saturated carbocycles. The topological polar surface area (TPSA) is 82.1 Å². The highest BCUT2D eigenvalue weighted by Gasteiger charge is 2.28. The molecule has 1 aliphatic heterocycles. The Bertz CT molecular complexity index is 1320. The van der Waals surface area contributed by atoms with Crippen LogP contribution in [0.2, 0.25) is 10.0 Å². The SMILES string of the molecule is CC(Nc1ncnc2nc[nH]c12)C1=Nc2ccc(F)c(Cl)c2CN1c1cccc(Cl)c1. The Kier molecular flexibility index (Phi) is 4.95. The molecule has 1 unspecified atom stereocenters. The van der Waals surface area contributed by atoms with Crippen LogP contribution in [-0.2, 0) is 6.54 Å². The summed E-state index contributed by atoms with van der Waals surface area (Å²) in [6.07, 6.45) is 3.02. The summed E-state index contributed by atoms with van der Waals surface area (Å²) in [6, 6.07) is 10.1. The van der Waals surface area contributed by atoms with E-state index >= 15 is 0 Å². The second-order valence-electron chi connectivity index (χ2n) is 7.08. The van der Waals surface area contributed by atoms with Gasteiger partial charge in [-0.1, -0.05) is 29.3 Å². The normalized spacial score (nSPS) is 14.3. The third-order valence-corrected chi connectivity index (χ3v) is 5.73. The molecule has 1 atom stereocenters. The van der Waals surface area contributed by atoms with Crippen LogP contribution in [0.4, 0.5) is 21.6 Å². The van der Waals surface area contributed by atoms with Gasteiger partial charge in [-0.2, -0.15) is 0 Å². The Hall–Kier alpha value is -3.23. The lowest BCUT2D eigenvalue weighted by atomic mass is 10.1. The lowest BCUT2D eigenvalue weighted by Gasteiger charge is -2.34. The molecule has 0 spiro atoms. The number of aliphatic imine (C=N–C) groups is 1. The van der Waals surface area contributed by atoms with Crippen LogP contribution in [0.5, 0.6) is 0 Å². The Morgan fingerprint density at radius 3 is 2.87 bits per heavy atom. The minimum Gasteiger partial charge on any atom is -0.358 e. The van der Waals surface area contributed by atoms with E-state index in [2.05, 4.69) is 25.3 Å². The van der Waals surface area contributed by atoms with Gasteiger partial charge in [0.2, 0.25) is 0 Å². The van der Waals surface area contributed by atoms with Gasteiger partial charge in [0.1, 0.15) is 23.5 Å². The number of rotatable bonds is 4. The summed E-state index contributed by atoms with van der Waals surface area (Å²) >= 11 is 12.5. The highest BCUT2D eigenvalue weighted by Crippen LogP contribution is 2.37. The van der Waals surface area contributed by atoms with E-state index in [-0.39, 0.29) is 11.1 Å². The largest absolute Gasteiger partial charge is 0.358 e. The van der Waals surface area contributed by atoms with Gasteiger partial charge in [0, 0.05) is 16.3 Å². The summed E-state index contributed by atoms with van der Waals surface area (Å²) in [7, 11) is 0. The van der Waals surface area contributed by atoms with Gasteiger partial charge >= 0.3 is 0 Å². The van der Waals surface area contributed by atoms with Gasteiger partial charge in [-0.15, -0.1) is 0 Å². The van der Waals surface area contributed by atoms with Gasteiger partial charge in [0.15, 0.2) is 11.5 Å². The molecule has 3 heterocycles. The van der Waals surface area contributed by atoms with Crippen LogP contribution in [0.25, 0.3) is 11.2 Å². The zero-order chi connectivity index (χ0) is 21.5. The molecule has 2 aromatic heterocycles. The first kappa shape index (κ1) is 19.7. The average Bonchev–Trinajstić information content (AvgIpc) is 3.26. The molecule has 5 rings (SSSR count). The molecule has 2 aromatic carbocycles. The predicted molar refractivity (Wildman–Crippen MR) is 121 cm³/mol. The Labute approximate surface area is 187 Å². The lowest BCUT2D eigenvalue weighted by molar-refractivity contribution is 0.625. The van der Waals surface area contributed by atoms with Crippen molar-refractivity contribution in [2.45, 2.75) is 19.5 Å². The zero-order valence-electron chi connectivity index (χ0n) is 16.3. The van der Waals surface area contributed by atoms with Crippen molar-refractivity contribution in [2.24, 2.45) is 4.99 Å². The second kappa shape index (κ2) is 7.79. The summed E-state index contributed by atoms with van der Waals surface area (Å²) in [4.78, 5) is 22.5. The quantitative estimate of drug-likeness (QED) is 0.433. The molecule has 0 aliphatic carbocycles. The maximum atomic E-state index is 14.1. The number of fused-ring (bicyclic) bond motifs is 2. The summed E-state index contributed by atoms with van der Waals surface area (Å²) in [5.74, 6) is 0.842. The highest BCUT2D eigenvalue weighted by atomic mass is 35.5. The highest BCUT2D eigenvalue weighted by molar-refractivity contribution is 6.32. The van der Waals surface area contributed by atoms with Crippen molar-refractivity contribution in [3.63, 3.8) is 0 Å². The van der Waals surface area contributed by atoms with E-state index in [4.69, 9.17) is 28.2 Å². The molecule has 31 heavy (non-hydrogen) atoms. The molecule has 0 bridgehead atoms. The summed E-state index contributed by atoms with van der Waals surface area (Å²) in [5.41, 5.74) is 3.33. The molecular formula is C21H16Cl2FN7. The van der Waals surface area contributed by atoms with Crippen molar-refractivity contribution < 1.29 is 4.39 Å². The standard InChI is InChI=1S/C21H16Cl2FN7/c1-11(29-20-18-19(26-9-25-18)27-10-28-20)21-30-16-6-5-15(24)17(23)14(16)8-31(21)13-4-2-3-12(22)7-13/h2-7,9-11H,8H2,1H3,(H2,25,26,27,28,29). The minimum absolute atomic E-state index is 0.0721. The van der Waals surface area contributed by atoms with Crippen LogP contribution in [0.3, 0.4) is 0 Å². The zero-order valence-corrected chi connectivity index (χ0v) is 17.8. The van der Waals surface area contributed by atoms with Crippen LogP contribution in [0, 0.1) is 5.82 Å². The summed E-state index contributed by atoms with van der Waals surface area (Å²) in [5, 5.41) is 4.04. The van der Waals surface area contributed by atoms with Crippen LogP contribution in [0.1, 0.15) is 12.5 Å². The number of benzene rings is 2. The number of nitrogens with zero attached hydrogens (tertiary/aromatic N) is 5. The third kappa shape index (κ3) is 3.58. The number of H-pyrrole nitrogens is 1. The van der Waals surface area contributed by atoms with Crippen molar-refractivity contribution in [3.8, 4) is 0 Å². The molecule has 0 saturated heterocycles. The average molecular weight is 456 g/mol. The number of hydrogen-bond acceptors (Lipinski definition) is 6. The van der Waals surface area contributed by atoms with E-state index in [0.29, 0.717) is 45.6 Å². The van der Waals surface area contributed by atoms with Crippen molar-refractivity contribution >= 4 is 57.4 Å². The number of halogens is 3. The third-order valence-electron chi connectivity index (χ3n) is 5.08. The van der Waals surface area contributed by atoms with Crippen LogP contribution in [-0.4, -0.2) is 31.8 Å². The molecule has 0 fully saturated rings. The molecule has 10 heteroatoms. The predicted octanol–water partition coefficient (Wildman–Crippen LogP) is 5.35. The minimum atomic E-state index is -0.473. The van der Waals surface area contributed by atoms with E-state index in [0.717, 1.165) is 5.69 Å². The number of nitrogens with one attached hydrogen (secondary N) is 2. The van der Waals surface area contributed by atoms with Crippen molar-refractivity contribution in [1.82, 2.24) is 19.9 Å². The molecule has 2 N–H and O–H groups in total. The molecule has 1 aliphatic rings. The van der Waals surface area contributed by atoms with Crippen LogP contribution in [0.15, 0.2) is 54.0 Å². The molecule has 4 aromatic rings. The monoisotopic (exact) mass is 455 g/mol. The van der Waals surface area contributed by atoms with Crippen LogP contribution >= 0.6 is 23.2 Å². The first-order chi connectivity index (χ1) is 15.0. The molecule has 7 nitrogen and oxygen atoms in total. The fourth-order valence-corrected chi connectivity index (χ4v) is 4.01. The maximum Gasteiger partial charge on any atom is 0.182 e. The molecule has 0 radical (unpaired) electrons. The first-order valence-corrected chi connectivity index (χ1v) is 10.3. The number of imidazole rings is 1. The Morgan fingerprint density at radius 1 is 1.16 bits per heavy atom. The number of aromatic amines is 1. The van der Waals surface area contributed by atoms with E-state index < -0.39 is 5.82 Å². The van der Waals surface area contributed by atoms with Gasteiger partial charge in [0.05, 0.1) is 29.6 Å². The molecular weight excluding hydrogens is 440 g/mol. The fourth-order valence-electron chi connectivity index (χ4n) is 3.60. The number of hydrogen-bond donors (Lipinski definition) is 2. The number of anilines is 2. The van der Waals surface area contributed by atoms with Gasteiger partial charge in [0.25, 0.3) is 0 Å². The van der Waals surface area contributed by atoms with E-state index in [1.165, 1.54) is 12.4 Å². The summed E-state index contributed by atoms with van der Waals surface area (Å²) < 4.78 is 14.1. The molecule has 156 valence electrons. The maximum absolute atomic E-state index is 14.1. The van der Waals surface area contributed by atoms with Crippen molar-refractivity contribution in [3.05, 3.63) is 70.5 Å². The van der Waals surface area contributed by atoms with Gasteiger partial charge in [-0.05, 0) is 37.3 Å². The summed E-state index contributed by atoms with van der Waals surface area (Å²) in [6.45, 7) is 2.32. The number of aromatic nitrogens is 4. The smallest absolute Gasteiger partial charge is 0.182 e. The Morgan fingerprint density at radius 2 is 2.03 bits per heavy atom. The number of amidine groups is 1. The van der Waals surface area contributed by atoms with Gasteiger partial charge < -0.3 is 15.2 Å². The second-order valence-corrected chi connectivity index (χ2v) is 7.90. The van der Waals surface area contributed by atoms with E-state index in [9.17, 15) is 4.39 Å². The van der Waals surface area contributed by atoms with Crippen molar-refractivity contribution in [2.75, 3.05) is 10.2 Å². The van der Waals surface area contributed by atoms with Gasteiger partial charge in [-0.3, -0.25) is 0 Å². The Balaban J connectivity index is 1.59. The first-order valence-electron chi connectivity index (χ1n) is 9.50. The molecule has 0 amide bonds. The van der Waals surface area contributed by atoms with Crippen LogP contribution < -0.4 is 10.2 Å². The van der Waals surface area contributed by atoms with E-state index in [1.807, 2.05) is 30.0 Å². The lowest BCUT2D eigenvalue weighted by Crippen LogP contribution is -2.43. The fraction of sp³-hybridized carbons (Fsp3) is 0.143. The van der Waals surface area contributed by atoms with Crippen molar-refractivity contribution in [1.29, 1.82) is 0 Å². The van der Waals surface area contributed by atoms with Gasteiger partial charge in [-0.25, -0.2) is 24.3 Å². The van der Waals surface area contributed by atoms with E-state index in [1.54, 1.807) is 18.5 Å².